The van der Waals surface area contributed by atoms with Crippen LogP contribution in [-0.2, 0) is 26.4 Å². The van der Waals surface area contributed by atoms with E-state index in [4.69, 9.17) is 14.2 Å². The highest BCUT2D eigenvalue weighted by Gasteiger charge is 2.42. The Kier molecular flexibility index (Phi) is 7.32. The number of nitrogens with zero attached hydrogens (tertiary/aromatic N) is 3. The second-order valence-corrected chi connectivity index (χ2v) is 10.1. The Bertz CT molecular complexity index is 1010. The Labute approximate surface area is 198 Å². The van der Waals surface area contributed by atoms with Gasteiger partial charge in [-0.05, 0) is 47.1 Å². The fraction of sp³-hybridized carbons (Fsp3) is 0.542. The molecule has 0 unspecified atom stereocenters. The molecule has 1 N–H and O–H groups in total. The second kappa shape index (κ2) is 9.71. The number of anilines is 1. The van der Waals surface area contributed by atoms with Crippen molar-refractivity contribution in [2.24, 2.45) is 0 Å². The summed E-state index contributed by atoms with van der Waals surface area (Å²) >= 11 is 0. The average molecular weight is 478 g/mol. The molecule has 1 aromatic carbocycles. The van der Waals surface area contributed by atoms with Gasteiger partial charge in [0.2, 0.25) is 0 Å². The highest BCUT2D eigenvalue weighted by Crippen LogP contribution is 2.35. The molecule has 2 heterocycles. The molecular weight excluding hydrogens is 445 g/mol. The first kappa shape index (κ1) is 25.6. The van der Waals surface area contributed by atoms with Gasteiger partial charge in [0.1, 0.15) is 30.2 Å². The minimum absolute atomic E-state index is 0.0343. The lowest BCUT2D eigenvalue weighted by Crippen LogP contribution is -2.43. The molecule has 10 heteroatoms. The molecule has 1 aliphatic rings. The number of aromatic nitrogens is 2. The van der Waals surface area contributed by atoms with Gasteiger partial charge in [0.25, 0.3) is 0 Å². The summed E-state index contributed by atoms with van der Waals surface area (Å²) in [5.74, 6) is 0.0343. The first-order valence-corrected chi connectivity index (χ1v) is 11.1. The zero-order chi connectivity index (χ0) is 25.3. The van der Waals surface area contributed by atoms with Crippen molar-refractivity contribution < 1.29 is 33.3 Å². The number of hydrogen-bond donors (Lipinski definition) is 1. The van der Waals surface area contributed by atoms with Crippen LogP contribution >= 0.6 is 0 Å². The van der Waals surface area contributed by atoms with Gasteiger partial charge in [-0.15, -0.1) is 0 Å². The van der Waals surface area contributed by atoms with Crippen molar-refractivity contribution in [2.45, 2.75) is 77.7 Å². The molecule has 1 aliphatic heterocycles. The number of halogens is 1. The van der Waals surface area contributed by atoms with Gasteiger partial charge in [-0.1, -0.05) is 30.3 Å². The van der Waals surface area contributed by atoms with Crippen LogP contribution in [0.25, 0.3) is 0 Å². The predicted octanol–water partition coefficient (Wildman–Crippen LogP) is 4.49. The van der Waals surface area contributed by atoms with Crippen molar-refractivity contribution in [1.82, 2.24) is 9.78 Å². The summed E-state index contributed by atoms with van der Waals surface area (Å²) in [5, 5.41) is 14.2. The summed E-state index contributed by atoms with van der Waals surface area (Å²) in [4.78, 5) is 27.1. The minimum atomic E-state index is -1.70. The molecule has 0 radical (unpaired) electrons. The van der Waals surface area contributed by atoms with Crippen LogP contribution in [0.2, 0.25) is 0 Å². The van der Waals surface area contributed by atoms with Crippen LogP contribution in [0.3, 0.4) is 0 Å². The maximum Gasteiger partial charge on any atom is 0.425 e. The summed E-state index contributed by atoms with van der Waals surface area (Å²) in [6.07, 6.45) is -6.06. The molecule has 34 heavy (non-hydrogen) atoms. The fourth-order valence-electron chi connectivity index (χ4n) is 3.37. The monoisotopic (exact) mass is 477 g/mol. The van der Waals surface area contributed by atoms with Gasteiger partial charge in [-0.3, -0.25) is 0 Å². The first-order valence-electron chi connectivity index (χ1n) is 11.1. The van der Waals surface area contributed by atoms with E-state index in [0.717, 1.165) is 10.5 Å². The molecule has 3 atom stereocenters. The normalized spacial score (nSPS) is 20.8. The Morgan fingerprint density at radius 1 is 1.18 bits per heavy atom. The molecule has 1 fully saturated rings. The van der Waals surface area contributed by atoms with Gasteiger partial charge >= 0.3 is 12.2 Å². The topological polar surface area (TPSA) is 103 Å². The summed E-state index contributed by atoms with van der Waals surface area (Å²) in [6.45, 7) is 10.2. The molecule has 0 aliphatic carbocycles. The van der Waals surface area contributed by atoms with Gasteiger partial charge in [0.15, 0.2) is 6.17 Å². The van der Waals surface area contributed by atoms with Crippen molar-refractivity contribution in [2.75, 3.05) is 11.5 Å². The molecule has 1 saturated heterocycles. The number of benzene rings is 1. The standard InChI is InChI=1S/C24H32FN3O6/c1-23(2,3)28-18(12-16(26-28)20-19(25)17(29)14-32-20)27(22(31)34-24(4,5)6)21(30)33-13-15-10-8-7-9-11-15/h7-12,17,19-20,29H,13-14H2,1-6H3/t17-,19-,20-/m1/s1. The third kappa shape index (κ3) is 5.92. The third-order valence-electron chi connectivity index (χ3n) is 4.93. The Morgan fingerprint density at radius 2 is 1.82 bits per heavy atom. The van der Waals surface area contributed by atoms with E-state index in [9.17, 15) is 19.1 Å². The van der Waals surface area contributed by atoms with Gasteiger partial charge in [-0.2, -0.15) is 10.00 Å². The van der Waals surface area contributed by atoms with Crippen LogP contribution in [0.5, 0.6) is 0 Å². The Morgan fingerprint density at radius 3 is 2.35 bits per heavy atom. The number of amides is 2. The van der Waals surface area contributed by atoms with E-state index in [1.807, 2.05) is 26.8 Å². The summed E-state index contributed by atoms with van der Waals surface area (Å²) in [7, 11) is 0. The number of ether oxygens (including phenoxy) is 3. The van der Waals surface area contributed by atoms with Gasteiger partial charge in [0.05, 0.1) is 17.8 Å². The van der Waals surface area contributed by atoms with Crippen molar-refractivity contribution in [1.29, 1.82) is 0 Å². The van der Waals surface area contributed by atoms with Crippen LogP contribution in [0.4, 0.5) is 19.8 Å². The van der Waals surface area contributed by atoms with Crippen molar-refractivity contribution in [3.63, 3.8) is 0 Å². The molecule has 9 nitrogen and oxygen atoms in total. The van der Waals surface area contributed by atoms with E-state index >= 15 is 0 Å². The van der Waals surface area contributed by atoms with E-state index in [1.54, 1.807) is 45.0 Å². The molecule has 0 saturated carbocycles. The zero-order valence-corrected chi connectivity index (χ0v) is 20.3. The number of aliphatic hydroxyl groups excluding tert-OH is 1. The summed E-state index contributed by atoms with van der Waals surface area (Å²) in [5.41, 5.74) is -0.735. The van der Waals surface area contributed by atoms with E-state index in [0.29, 0.717) is 0 Å². The van der Waals surface area contributed by atoms with Crippen molar-refractivity contribution in [3.05, 3.63) is 47.7 Å². The molecule has 1 aromatic heterocycles. The van der Waals surface area contributed by atoms with E-state index in [-0.39, 0.29) is 24.7 Å². The number of hydrogen-bond acceptors (Lipinski definition) is 7. The fourth-order valence-corrected chi connectivity index (χ4v) is 3.37. The quantitative estimate of drug-likeness (QED) is 0.692. The van der Waals surface area contributed by atoms with Crippen LogP contribution in [0.15, 0.2) is 36.4 Å². The molecular formula is C24H32FN3O6. The smallest absolute Gasteiger partial charge is 0.425 e. The van der Waals surface area contributed by atoms with Crippen molar-refractivity contribution >= 4 is 18.0 Å². The van der Waals surface area contributed by atoms with Gasteiger partial charge in [-0.25, -0.2) is 18.7 Å². The Balaban J connectivity index is 2.01. The highest BCUT2D eigenvalue weighted by molar-refractivity contribution is 6.08. The molecule has 0 spiro atoms. The van der Waals surface area contributed by atoms with Crippen LogP contribution in [0.1, 0.15) is 58.9 Å². The first-order chi connectivity index (χ1) is 15.8. The lowest BCUT2D eigenvalue weighted by atomic mass is 10.1. The number of rotatable bonds is 4. The van der Waals surface area contributed by atoms with Crippen LogP contribution in [-0.4, -0.2) is 51.6 Å². The summed E-state index contributed by atoms with van der Waals surface area (Å²) in [6, 6.07) is 10.4. The molecule has 0 bridgehead atoms. The summed E-state index contributed by atoms with van der Waals surface area (Å²) < 4.78 is 32.2. The molecule has 3 rings (SSSR count). The maximum absolute atomic E-state index is 14.5. The lowest BCUT2D eigenvalue weighted by molar-refractivity contribution is 0.0560. The second-order valence-electron chi connectivity index (χ2n) is 10.1. The van der Waals surface area contributed by atoms with E-state index < -0.39 is 41.7 Å². The van der Waals surface area contributed by atoms with Crippen LogP contribution in [0, 0.1) is 0 Å². The molecule has 2 amide bonds. The van der Waals surface area contributed by atoms with E-state index in [1.165, 1.54) is 10.7 Å². The molecule has 186 valence electrons. The Hall–Kier alpha value is -2.98. The van der Waals surface area contributed by atoms with Gasteiger partial charge in [0, 0.05) is 6.07 Å². The van der Waals surface area contributed by atoms with E-state index in [2.05, 4.69) is 5.10 Å². The lowest BCUT2D eigenvalue weighted by Gasteiger charge is -2.29. The number of alkyl halides is 1. The zero-order valence-electron chi connectivity index (χ0n) is 20.3. The third-order valence-corrected chi connectivity index (χ3v) is 4.93. The largest absolute Gasteiger partial charge is 0.444 e. The van der Waals surface area contributed by atoms with Crippen molar-refractivity contribution in [3.8, 4) is 0 Å². The molecule has 2 aromatic rings. The SMILES string of the molecule is CC(C)(C)OC(=O)N(C(=O)OCc1ccccc1)c1cc([C@H]2OC[C@@H](O)[C@H]2F)nn1C(C)(C)C. The van der Waals surface area contributed by atoms with Crippen LogP contribution < -0.4 is 4.90 Å². The number of carbonyl (C=O) groups is 2. The number of imide groups is 1. The minimum Gasteiger partial charge on any atom is -0.444 e. The number of aliphatic hydroxyl groups is 1. The maximum atomic E-state index is 14.5. The average Bonchev–Trinajstić information content (AvgIpc) is 3.30. The van der Waals surface area contributed by atoms with Gasteiger partial charge < -0.3 is 19.3 Å². The highest BCUT2D eigenvalue weighted by atomic mass is 19.1. The number of carbonyl (C=O) groups excluding carboxylic acids is 2. The predicted molar refractivity (Wildman–Crippen MR) is 122 cm³/mol.